The second kappa shape index (κ2) is 7.48. The molecule has 16 heavy (non-hydrogen) atoms. The van der Waals surface area contributed by atoms with Crippen LogP contribution >= 0.6 is 11.8 Å². The van der Waals surface area contributed by atoms with Crippen LogP contribution in [0.3, 0.4) is 0 Å². The van der Waals surface area contributed by atoms with Gasteiger partial charge in [-0.05, 0) is 0 Å². The lowest BCUT2D eigenvalue weighted by molar-refractivity contribution is -0.126. The summed E-state index contributed by atoms with van der Waals surface area (Å²) in [5.74, 6) is 1.23. The highest BCUT2D eigenvalue weighted by molar-refractivity contribution is 7.99. The SMILES string of the molecule is COCCNC(=O)CNC(=O)C1CSCN1. The third-order valence-corrected chi connectivity index (χ3v) is 3.02. The van der Waals surface area contributed by atoms with E-state index in [-0.39, 0.29) is 24.4 Å². The van der Waals surface area contributed by atoms with Gasteiger partial charge < -0.3 is 15.4 Å². The number of carbonyl (C=O) groups excluding carboxylic acids is 2. The maximum absolute atomic E-state index is 11.5. The zero-order chi connectivity index (χ0) is 11.8. The van der Waals surface area contributed by atoms with E-state index in [1.807, 2.05) is 0 Å². The Bertz CT molecular complexity index is 244. The van der Waals surface area contributed by atoms with Gasteiger partial charge in [0, 0.05) is 25.3 Å². The van der Waals surface area contributed by atoms with Crippen LogP contribution in [0.1, 0.15) is 0 Å². The van der Waals surface area contributed by atoms with Gasteiger partial charge in [0.2, 0.25) is 11.8 Å². The molecule has 1 unspecified atom stereocenters. The number of hydrogen-bond acceptors (Lipinski definition) is 5. The molecule has 6 nitrogen and oxygen atoms in total. The highest BCUT2D eigenvalue weighted by Crippen LogP contribution is 2.08. The molecule has 1 saturated heterocycles. The first-order valence-corrected chi connectivity index (χ1v) is 6.24. The zero-order valence-corrected chi connectivity index (χ0v) is 10.1. The van der Waals surface area contributed by atoms with Gasteiger partial charge in [-0.3, -0.25) is 14.9 Å². The zero-order valence-electron chi connectivity index (χ0n) is 9.25. The molecule has 1 fully saturated rings. The standard InChI is InChI=1S/C9H17N3O3S/c1-15-3-2-10-8(13)4-11-9(14)7-5-16-6-12-7/h7,12H,2-6H2,1H3,(H,10,13)(H,11,14). The second-order valence-corrected chi connectivity index (χ2v) is 4.36. The van der Waals surface area contributed by atoms with Gasteiger partial charge in [-0.2, -0.15) is 0 Å². The van der Waals surface area contributed by atoms with Gasteiger partial charge in [0.15, 0.2) is 0 Å². The van der Waals surface area contributed by atoms with E-state index in [0.717, 1.165) is 11.6 Å². The quantitative estimate of drug-likeness (QED) is 0.499. The van der Waals surface area contributed by atoms with E-state index in [2.05, 4.69) is 16.0 Å². The number of rotatable bonds is 6. The van der Waals surface area contributed by atoms with Crippen molar-refractivity contribution in [1.29, 1.82) is 0 Å². The fourth-order valence-corrected chi connectivity index (χ4v) is 2.15. The van der Waals surface area contributed by atoms with Gasteiger partial charge >= 0.3 is 0 Å². The van der Waals surface area contributed by atoms with Crippen LogP contribution in [0.2, 0.25) is 0 Å². The van der Waals surface area contributed by atoms with Crippen LogP contribution in [-0.4, -0.2) is 56.3 Å². The molecule has 92 valence electrons. The van der Waals surface area contributed by atoms with Crippen LogP contribution in [0, 0.1) is 0 Å². The predicted octanol–water partition coefficient (Wildman–Crippen LogP) is -1.47. The minimum absolute atomic E-state index is 0.0192. The van der Waals surface area contributed by atoms with Gasteiger partial charge in [0.05, 0.1) is 19.2 Å². The van der Waals surface area contributed by atoms with Crippen LogP contribution in [0.25, 0.3) is 0 Å². The lowest BCUT2D eigenvalue weighted by Crippen LogP contribution is -2.46. The fourth-order valence-electron chi connectivity index (χ4n) is 1.21. The Kier molecular flexibility index (Phi) is 6.20. The van der Waals surface area contributed by atoms with Crippen molar-refractivity contribution in [2.75, 3.05) is 38.4 Å². The highest BCUT2D eigenvalue weighted by atomic mass is 32.2. The second-order valence-electron chi connectivity index (χ2n) is 3.33. The summed E-state index contributed by atoms with van der Waals surface area (Å²) in [7, 11) is 1.57. The molecule has 0 aromatic heterocycles. The van der Waals surface area contributed by atoms with Crippen molar-refractivity contribution in [3.8, 4) is 0 Å². The summed E-state index contributed by atoms with van der Waals surface area (Å²) >= 11 is 1.67. The fraction of sp³-hybridized carbons (Fsp3) is 0.778. The van der Waals surface area contributed by atoms with E-state index >= 15 is 0 Å². The minimum Gasteiger partial charge on any atom is -0.383 e. The Balaban J connectivity index is 2.08. The highest BCUT2D eigenvalue weighted by Gasteiger charge is 2.22. The number of carbonyl (C=O) groups is 2. The molecule has 0 spiro atoms. The lowest BCUT2D eigenvalue weighted by Gasteiger charge is -2.10. The van der Waals surface area contributed by atoms with Gasteiger partial charge in [0.1, 0.15) is 0 Å². The Morgan fingerprint density at radius 3 is 2.94 bits per heavy atom. The van der Waals surface area contributed by atoms with Crippen molar-refractivity contribution in [3.63, 3.8) is 0 Å². The first-order valence-electron chi connectivity index (χ1n) is 5.08. The summed E-state index contributed by atoms with van der Waals surface area (Å²) in [6.45, 7) is 0.953. The minimum atomic E-state index is -0.198. The average Bonchev–Trinajstić information content (AvgIpc) is 2.79. The largest absolute Gasteiger partial charge is 0.383 e. The summed E-state index contributed by atoms with van der Waals surface area (Å²) < 4.78 is 4.78. The summed E-state index contributed by atoms with van der Waals surface area (Å²) in [6, 6.07) is -0.170. The molecule has 0 aromatic rings. The van der Waals surface area contributed by atoms with Crippen LogP contribution in [0.4, 0.5) is 0 Å². The van der Waals surface area contributed by atoms with Crippen molar-refractivity contribution in [2.24, 2.45) is 0 Å². The molecule has 7 heteroatoms. The molecule has 1 heterocycles. The van der Waals surface area contributed by atoms with Crippen molar-refractivity contribution in [3.05, 3.63) is 0 Å². The summed E-state index contributed by atoms with van der Waals surface area (Å²) in [4.78, 5) is 22.7. The van der Waals surface area contributed by atoms with Gasteiger partial charge in [-0.25, -0.2) is 0 Å². The molecule has 0 aromatic carbocycles. The maximum atomic E-state index is 11.5. The van der Waals surface area contributed by atoms with Crippen molar-refractivity contribution in [2.45, 2.75) is 6.04 Å². The number of methoxy groups -OCH3 is 1. The third kappa shape index (κ3) is 4.82. The molecular weight excluding hydrogens is 230 g/mol. The van der Waals surface area contributed by atoms with Gasteiger partial charge in [0.25, 0.3) is 0 Å². The summed E-state index contributed by atoms with van der Waals surface area (Å²) in [6.07, 6.45) is 0. The van der Waals surface area contributed by atoms with Gasteiger partial charge in [-0.15, -0.1) is 11.8 Å². The van der Waals surface area contributed by atoms with Gasteiger partial charge in [-0.1, -0.05) is 0 Å². The lowest BCUT2D eigenvalue weighted by atomic mass is 10.3. The monoisotopic (exact) mass is 247 g/mol. The molecule has 3 N–H and O–H groups in total. The Morgan fingerprint density at radius 1 is 1.50 bits per heavy atom. The normalized spacial score (nSPS) is 19.4. The van der Waals surface area contributed by atoms with E-state index in [9.17, 15) is 9.59 Å². The smallest absolute Gasteiger partial charge is 0.239 e. The number of thioether (sulfide) groups is 1. The Labute approximate surface area is 98.9 Å². The molecule has 2 amide bonds. The Hall–Kier alpha value is -0.790. The number of hydrogen-bond donors (Lipinski definition) is 3. The van der Waals surface area contributed by atoms with Crippen LogP contribution in [0.15, 0.2) is 0 Å². The molecule has 0 radical (unpaired) electrons. The number of amides is 2. The molecule has 1 aliphatic rings. The maximum Gasteiger partial charge on any atom is 0.239 e. The van der Waals surface area contributed by atoms with E-state index in [4.69, 9.17) is 4.74 Å². The molecule has 0 aliphatic carbocycles. The average molecular weight is 247 g/mol. The summed E-state index contributed by atoms with van der Waals surface area (Å²) in [5.41, 5.74) is 0. The van der Waals surface area contributed by atoms with Crippen molar-refractivity contribution >= 4 is 23.6 Å². The van der Waals surface area contributed by atoms with E-state index in [1.54, 1.807) is 18.9 Å². The molecule has 1 rings (SSSR count). The molecule has 0 saturated carbocycles. The third-order valence-electron chi connectivity index (χ3n) is 2.08. The van der Waals surface area contributed by atoms with Crippen LogP contribution in [0.5, 0.6) is 0 Å². The molecule has 0 bridgehead atoms. The topological polar surface area (TPSA) is 79.5 Å². The first kappa shape index (κ1) is 13.3. The predicted molar refractivity (Wildman–Crippen MR) is 62.1 cm³/mol. The molecule has 1 aliphatic heterocycles. The van der Waals surface area contributed by atoms with Crippen molar-refractivity contribution in [1.82, 2.24) is 16.0 Å². The Morgan fingerprint density at radius 2 is 2.31 bits per heavy atom. The summed E-state index contributed by atoms with van der Waals surface area (Å²) in [5, 5.41) is 8.24. The number of ether oxygens (including phenoxy) is 1. The van der Waals surface area contributed by atoms with E-state index < -0.39 is 0 Å². The first-order chi connectivity index (χ1) is 7.74. The van der Waals surface area contributed by atoms with Crippen LogP contribution < -0.4 is 16.0 Å². The molecule has 1 atom stereocenters. The van der Waals surface area contributed by atoms with E-state index in [0.29, 0.717) is 13.2 Å². The van der Waals surface area contributed by atoms with E-state index in [1.165, 1.54) is 0 Å². The number of nitrogens with one attached hydrogen (secondary N) is 3. The van der Waals surface area contributed by atoms with Crippen molar-refractivity contribution < 1.29 is 14.3 Å². The van der Waals surface area contributed by atoms with Crippen LogP contribution in [-0.2, 0) is 14.3 Å². The molecular formula is C9H17N3O3S.